The molecule has 0 atom stereocenters. The van der Waals surface area contributed by atoms with Gasteiger partial charge in [-0.2, -0.15) is 0 Å². The van der Waals surface area contributed by atoms with Gasteiger partial charge in [-0.1, -0.05) is 25.0 Å². The van der Waals surface area contributed by atoms with Gasteiger partial charge in [0, 0.05) is 39.4 Å². The summed E-state index contributed by atoms with van der Waals surface area (Å²) in [6.07, 6.45) is 6.27. The first kappa shape index (κ1) is 24.1. The lowest BCUT2D eigenvalue weighted by molar-refractivity contribution is -0.120. The maximum atomic E-state index is 12.9. The Bertz CT molecular complexity index is 658. The number of nitrogens with one attached hydrogen (secondary N) is 3. The molecule has 6 nitrogen and oxygen atoms in total. The number of aliphatic imine (C=N–C) groups is 1. The lowest BCUT2D eigenvalue weighted by Gasteiger charge is -2.27. The highest BCUT2D eigenvalue weighted by atomic mass is 19.1. The second-order valence-electron chi connectivity index (χ2n) is 7.93. The van der Waals surface area contributed by atoms with E-state index in [1.807, 2.05) is 13.8 Å². The van der Waals surface area contributed by atoms with E-state index in [1.165, 1.54) is 37.8 Å². The van der Waals surface area contributed by atoms with Crippen LogP contribution in [0.5, 0.6) is 0 Å². The number of carbonyl (C=O) groups excluding carboxylic acids is 1. The SMILES string of the molecule is CCNC(=NCC1(CCOCC)CCCC1)NCCNC(=O)Cc1ccc(F)cc1. The number of halogens is 1. The van der Waals surface area contributed by atoms with Gasteiger partial charge < -0.3 is 20.7 Å². The van der Waals surface area contributed by atoms with E-state index in [-0.39, 0.29) is 23.6 Å². The fraction of sp³-hybridized carbons (Fsp3) is 0.652. The van der Waals surface area contributed by atoms with Crippen molar-refractivity contribution in [3.8, 4) is 0 Å². The number of guanidine groups is 1. The molecule has 2 rings (SSSR count). The van der Waals surface area contributed by atoms with Crippen LogP contribution in [0.4, 0.5) is 4.39 Å². The topological polar surface area (TPSA) is 74.8 Å². The molecule has 30 heavy (non-hydrogen) atoms. The van der Waals surface area contributed by atoms with Gasteiger partial charge >= 0.3 is 0 Å². The Balaban J connectivity index is 1.75. The number of ether oxygens (including phenoxy) is 1. The minimum Gasteiger partial charge on any atom is -0.382 e. The minimum absolute atomic E-state index is 0.0776. The smallest absolute Gasteiger partial charge is 0.224 e. The number of benzene rings is 1. The summed E-state index contributed by atoms with van der Waals surface area (Å²) in [6, 6.07) is 6.00. The van der Waals surface area contributed by atoms with Crippen LogP contribution in [-0.2, 0) is 16.0 Å². The van der Waals surface area contributed by atoms with Crippen molar-refractivity contribution in [2.24, 2.45) is 10.4 Å². The number of carbonyl (C=O) groups is 1. The molecule has 1 amide bonds. The highest BCUT2D eigenvalue weighted by Crippen LogP contribution is 2.41. The zero-order chi connectivity index (χ0) is 21.7. The summed E-state index contributed by atoms with van der Waals surface area (Å²) in [6.45, 7) is 8.31. The van der Waals surface area contributed by atoms with Gasteiger partial charge in [-0.25, -0.2) is 4.39 Å². The Morgan fingerprint density at radius 3 is 2.47 bits per heavy atom. The van der Waals surface area contributed by atoms with Crippen molar-refractivity contribution >= 4 is 11.9 Å². The van der Waals surface area contributed by atoms with E-state index in [0.717, 1.165) is 44.2 Å². The van der Waals surface area contributed by atoms with Crippen molar-refractivity contribution in [3.63, 3.8) is 0 Å². The van der Waals surface area contributed by atoms with Crippen LogP contribution < -0.4 is 16.0 Å². The predicted molar refractivity (Wildman–Crippen MR) is 119 cm³/mol. The van der Waals surface area contributed by atoms with Gasteiger partial charge in [-0.05, 0) is 56.2 Å². The maximum Gasteiger partial charge on any atom is 0.224 e. The fourth-order valence-electron chi connectivity index (χ4n) is 3.87. The molecule has 1 aromatic carbocycles. The molecule has 0 aromatic heterocycles. The Labute approximate surface area is 180 Å². The van der Waals surface area contributed by atoms with E-state index in [1.54, 1.807) is 12.1 Å². The molecular weight excluding hydrogens is 383 g/mol. The van der Waals surface area contributed by atoms with Crippen LogP contribution in [0.1, 0.15) is 51.5 Å². The van der Waals surface area contributed by atoms with Gasteiger partial charge in [-0.3, -0.25) is 9.79 Å². The van der Waals surface area contributed by atoms with Gasteiger partial charge in [0.05, 0.1) is 6.42 Å². The van der Waals surface area contributed by atoms with Crippen LogP contribution in [0.15, 0.2) is 29.3 Å². The predicted octanol–water partition coefficient (Wildman–Crippen LogP) is 3.03. The Morgan fingerprint density at radius 1 is 1.10 bits per heavy atom. The van der Waals surface area contributed by atoms with E-state index in [4.69, 9.17) is 9.73 Å². The highest BCUT2D eigenvalue weighted by Gasteiger charge is 2.33. The van der Waals surface area contributed by atoms with Gasteiger partial charge in [0.15, 0.2) is 5.96 Å². The van der Waals surface area contributed by atoms with E-state index < -0.39 is 0 Å². The zero-order valence-electron chi connectivity index (χ0n) is 18.4. The molecule has 0 aliphatic heterocycles. The number of hydrogen-bond acceptors (Lipinski definition) is 3. The fourth-order valence-corrected chi connectivity index (χ4v) is 3.87. The van der Waals surface area contributed by atoms with Crippen LogP contribution >= 0.6 is 0 Å². The van der Waals surface area contributed by atoms with Crippen LogP contribution in [0, 0.1) is 11.2 Å². The van der Waals surface area contributed by atoms with E-state index >= 15 is 0 Å². The normalized spacial score (nSPS) is 15.8. The zero-order valence-corrected chi connectivity index (χ0v) is 18.4. The minimum atomic E-state index is -0.295. The Hall–Kier alpha value is -2.15. The standard InChI is InChI=1S/C23H37FN4O2/c1-3-25-22(28-18-23(11-5-6-12-23)13-16-30-4-2)27-15-14-26-21(29)17-19-7-9-20(24)10-8-19/h7-10H,3-6,11-18H2,1-2H3,(H,26,29)(H2,25,27,28). The molecule has 1 aliphatic rings. The molecule has 1 aromatic rings. The lowest BCUT2D eigenvalue weighted by Crippen LogP contribution is -2.42. The first-order valence-corrected chi connectivity index (χ1v) is 11.2. The molecule has 0 heterocycles. The van der Waals surface area contributed by atoms with Crippen molar-refractivity contribution in [3.05, 3.63) is 35.6 Å². The molecule has 7 heteroatoms. The molecule has 0 bridgehead atoms. The van der Waals surface area contributed by atoms with E-state index in [0.29, 0.717) is 13.1 Å². The number of hydrogen-bond donors (Lipinski definition) is 3. The Morgan fingerprint density at radius 2 is 1.80 bits per heavy atom. The third-order valence-electron chi connectivity index (χ3n) is 5.58. The second-order valence-corrected chi connectivity index (χ2v) is 7.93. The van der Waals surface area contributed by atoms with Crippen molar-refractivity contribution < 1.29 is 13.9 Å². The first-order chi connectivity index (χ1) is 14.6. The Kier molecular flexibility index (Phi) is 10.6. The summed E-state index contributed by atoms with van der Waals surface area (Å²) < 4.78 is 18.5. The van der Waals surface area contributed by atoms with Crippen LogP contribution in [-0.4, -0.2) is 51.3 Å². The molecule has 0 unspecified atom stereocenters. The molecule has 0 saturated heterocycles. The van der Waals surface area contributed by atoms with Crippen LogP contribution in [0.25, 0.3) is 0 Å². The summed E-state index contributed by atoms with van der Waals surface area (Å²) in [5.41, 5.74) is 1.05. The van der Waals surface area contributed by atoms with Gasteiger partial charge in [-0.15, -0.1) is 0 Å². The largest absolute Gasteiger partial charge is 0.382 e. The first-order valence-electron chi connectivity index (χ1n) is 11.2. The van der Waals surface area contributed by atoms with Crippen molar-refractivity contribution in [1.82, 2.24) is 16.0 Å². The van der Waals surface area contributed by atoms with Crippen molar-refractivity contribution in [1.29, 1.82) is 0 Å². The van der Waals surface area contributed by atoms with Crippen molar-refractivity contribution in [2.75, 3.05) is 39.4 Å². The molecule has 0 spiro atoms. The summed E-state index contributed by atoms with van der Waals surface area (Å²) in [7, 11) is 0. The second kappa shape index (κ2) is 13.2. The van der Waals surface area contributed by atoms with Gasteiger partial charge in [0.25, 0.3) is 0 Å². The summed E-state index contributed by atoms with van der Waals surface area (Å²) in [5.74, 6) is 0.412. The molecule has 1 saturated carbocycles. The molecule has 1 fully saturated rings. The number of nitrogens with zero attached hydrogens (tertiary/aromatic N) is 1. The molecule has 1 aliphatic carbocycles. The average Bonchev–Trinajstić information content (AvgIpc) is 3.20. The molecule has 0 radical (unpaired) electrons. The molecule has 168 valence electrons. The summed E-state index contributed by atoms with van der Waals surface area (Å²) >= 11 is 0. The monoisotopic (exact) mass is 420 g/mol. The van der Waals surface area contributed by atoms with E-state index in [2.05, 4.69) is 16.0 Å². The van der Waals surface area contributed by atoms with Gasteiger partial charge in [0.1, 0.15) is 5.82 Å². The van der Waals surface area contributed by atoms with Crippen LogP contribution in [0.3, 0.4) is 0 Å². The number of amides is 1. The molecule has 3 N–H and O–H groups in total. The van der Waals surface area contributed by atoms with Gasteiger partial charge in [0.2, 0.25) is 5.91 Å². The summed E-state index contributed by atoms with van der Waals surface area (Å²) in [5, 5.41) is 9.47. The lowest BCUT2D eigenvalue weighted by atomic mass is 9.83. The summed E-state index contributed by atoms with van der Waals surface area (Å²) in [4.78, 5) is 16.9. The average molecular weight is 421 g/mol. The molecular formula is C23H37FN4O2. The third kappa shape index (κ3) is 8.69. The third-order valence-corrected chi connectivity index (χ3v) is 5.58. The van der Waals surface area contributed by atoms with Crippen LogP contribution in [0.2, 0.25) is 0 Å². The quantitative estimate of drug-likeness (QED) is 0.276. The number of rotatable bonds is 12. The maximum absolute atomic E-state index is 12.9. The highest BCUT2D eigenvalue weighted by molar-refractivity contribution is 5.80. The van der Waals surface area contributed by atoms with Crippen molar-refractivity contribution in [2.45, 2.75) is 52.4 Å². The van der Waals surface area contributed by atoms with E-state index in [9.17, 15) is 9.18 Å².